The van der Waals surface area contributed by atoms with Gasteiger partial charge in [-0.05, 0) is 20.8 Å². The topological polar surface area (TPSA) is 63.2 Å². The van der Waals surface area contributed by atoms with Crippen molar-refractivity contribution in [3.05, 3.63) is 0 Å². The fourth-order valence-corrected chi connectivity index (χ4v) is 2.11. The van der Waals surface area contributed by atoms with Gasteiger partial charge in [0, 0.05) is 5.92 Å². The van der Waals surface area contributed by atoms with E-state index < -0.39 is 23.6 Å². The second-order valence-corrected chi connectivity index (χ2v) is 6.17. The van der Waals surface area contributed by atoms with Crippen LogP contribution < -0.4 is 0 Å². The van der Waals surface area contributed by atoms with Crippen LogP contribution in [0.2, 0.25) is 0 Å². The molecular weight excluding hydrogens is 264 g/mol. The Morgan fingerprint density at radius 2 is 1.90 bits per heavy atom. The van der Waals surface area contributed by atoms with Crippen LogP contribution in [0.5, 0.6) is 0 Å². The van der Waals surface area contributed by atoms with Gasteiger partial charge in [0.05, 0.1) is 13.2 Å². The minimum Gasteiger partial charge on any atom is -0.461 e. The SMILES string of the molecule is CC(C)C1(C)OCC(COC(=O)C2COC(C)(C)O2)O1. The Bertz CT molecular complexity index is 367. The lowest BCUT2D eigenvalue weighted by Gasteiger charge is -2.27. The molecule has 2 aliphatic heterocycles. The third-order valence-electron chi connectivity index (χ3n) is 3.69. The molecule has 3 unspecified atom stereocenters. The zero-order chi connectivity index (χ0) is 15.0. The van der Waals surface area contributed by atoms with Crippen LogP contribution in [-0.2, 0) is 28.5 Å². The van der Waals surface area contributed by atoms with Crippen molar-refractivity contribution in [2.45, 2.75) is 58.4 Å². The molecule has 2 aliphatic rings. The zero-order valence-corrected chi connectivity index (χ0v) is 12.8. The Kier molecular flexibility index (Phi) is 4.39. The quantitative estimate of drug-likeness (QED) is 0.730. The highest BCUT2D eigenvalue weighted by Crippen LogP contribution is 2.30. The molecule has 116 valence electrons. The maximum Gasteiger partial charge on any atom is 0.337 e. The van der Waals surface area contributed by atoms with Gasteiger partial charge in [0.1, 0.15) is 12.7 Å². The van der Waals surface area contributed by atoms with Crippen molar-refractivity contribution in [3.63, 3.8) is 0 Å². The van der Waals surface area contributed by atoms with Crippen LogP contribution in [0.1, 0.15) is 34.6 Å². The first-order valence-corrected chi connectivity index (χ1v) is 7.02. The molecule has 0 bridgehead atoms. The van der Waals surface area contributed by atoms with Crippen LogP contribution in [0.4, 0.5) is 0 Å². The van der Waals surface area contributed by atoms with E-state index in [1.165, 1.54) is 0 Å². The summed E-state index contributed by atoms with van der Waals surface area (Å²) in [5, 5.41) is 0. The van der Waals surface area contributed by atoms with Crippen LogP contribution in [0, 0.1) is 5.92 Å². The Morgan fingerprint density at radius 3 is 2.40 bits per heavy atom. The van der Waals surface area contributed by atoms with Crippen molar-refractivity contribution >= 4 is 5.97 Å². The first-order chi connectivity index (χ1) is 9.22. The number of carbonyl (C=O) groups is 1. The largest absolute Gasteiger partial charge is 0.461 e. The van der Waals surface area contributed by atoms with Crippen molar-refractivity contribution in [1.29, 1.82) is 0 Å². The molecule has 3 atom stereocenters. The molecule has 0 radical (unpaired) electrons. The van der Waals surface area contributed by atoms with E-state index in [1.54, 1.807) is 13.8 Å². The summed E-state index contributed by atoms with van der Waals surface area (Å²) >= 11 is 0. The minimum absolute atomic E-state index is 0.168. The molecule has 6 heteroatoms. The number of hydrogen-bond donors (Lipinski definition) is 0. The Labute approximate surface area is 119 Å². The molecule has 20 heavy (non-hydrogen) atoms. The van der Waals surface area contributed by atoms with Gasteiger partial charge < -0.3 is 23.7 Å². The molecule has 0 aromatic rings. The van der Waals surface area contributed by atoms with Gasteiger partial charge in [-0.2, -0.15) is 0 Å². The predicted molar refractivity (Wildman–Crippen MR) is 69.9 cm³/mol. The van der Waals surface area contributed by atoms with Crippen LogP contribution in [-0.4, -0.2) is 49.6 Å². The summed E-state index contributed by atoms with van der Waals surface area (Å²) in [5.41, 5.74) is 0. The van der Waals surface area contributed by atoms with Gasteiger partial charge in [-0.3, -0.25) is 0 Å². The summed E-state index contributed by atoms with van der Waals surface area (Å²) in [5.74, 6) is -1.52. The summed E-state index contributed by atoms with van der Waals surface area (Å²) in [4.78, 5) is 11.9. The zero-order valence-electron chi connectivity index (χ0n) is 12.8. The van der Waals surface area contributed by atoms with Crippen molar-refractivity contribution in [2.24, 2.45) is 5.92 Å². The molecule has 0 aromatic carbocycles. The highest BCUT2D eigenvalue weighted by molar-refractivity contribution is 5.75. The number of rotatable bonds is 4. The molecule has 0 aliphatic carbocycles. The van der Waals surface area contributed by atoms with Gasteiger partial charge in [0.15, 0.2) is 17.7 Å². The van der Waals surface area contributed by atoms with E-state index in [0.717, 1.165) is 0 Å². The normalized spacial score (nSPS) is 36.5. The van der Waals surface area contributed by atoms with Gasteiger partial charge in [0.2, 0.25) is 0 Å². The van der Waals surface area contributed by atoms with E-state index in [-0.39, 0.29) is 25.2 Å². The summed E-state index contributed by atoms with van der Waals surface area (Å²) in [6.07, 6.45) is -0.898. The van der Waals surface area contributed by atoms with E-state index in [0.29, 0.717) is 6.61 Å². The molecule has 2 fully saturated rings. The van der Waals surface area contributed by atoms with Crippen molar-refractivity contribution < 1.29 is 28.5 Å². The van der Waals surface area contributed by atoms with Crippen LogP contribution >= 0.6 is 0 Å². The smallest absolute Gasteiger partial charge is 0.337 e. The maximum absolute atomic E-state index is 11.9. The highest BCUT2D eigenvalue weighted by Gasteiger charge is 2.42. The highest BCUT2D eigenvalue weighted by atomic mass is 16.8. The molecule has 0 N–H and O–H groups in total. The molecule has 2 rings (SSSR count). The van der Waals surface area contributed by atoms with E-state index in [1.807, 2.05) is 20.8 Å². The minimum atomic E-state index is -0.729. The Morgan fingerprint density at radius 1 is 1.20 bits per heavy atom. The van der Waals surface area contributed by atoms with Crippen LogP contribution in [0.25, 0.3) is 0 Å². The first-order valence-electron chi connectivity index (χ1n) is 7.02. The van der Waals surface area contributed by atoms with Gasteiger partial charge >= 0.3 is 5.97 Å². The van der Waals surface area contributed by atoms with Gasteiger partial charge in [-0.25, -0.2) is 4.79 Å². The molecule has 2 saturated heterocycles. The summed E-state index contributed by atoms with van der Waals surface area (Å²) < 4.78 is 27.4. The van der Waals surface area contributed by atoms with Gasteiger partial charge in [-0.1, -0.05) is 13.8 Å². The lowest BCUT2D eigenvalue weighted by molar-refractivity contribution is -0.192. The van der Waals surface area contributed by atoms with E-state index in [2.05, 4.69) is 0 Å². The summed E-state index contributed by atoms with van der Waals surface area (Å²) in [6, 6.07) is 0. The van der Waals surface area contributed by atoms with Crippen molar-refractivity contribution in [3.8, 4) is 0 Å². The van der Waals surface area contributed by atoms with E-state index in [4.69, 9.17) is 23.7 Å². The average Bonchev–Trinajstić information content (AvgIpc) is 2.91. The predicted octanol–water partition coefficient (Wildman–Crippen LogP) is 1.47. The number of ether oxygens (including phenoxy) is 5. The van der Waals surface area contributed by atoms with Gasteiger partial charge in [0.25, 0.3) is 0 Å². The Hall–Kier alpha value is -0.690. The van der Waals surface area contributed by atoms with Crippen LogP contribution in [0.15, 0.2) is 0 Å². The first kappa shape index (κ1) is 15.7. The molecule has 6 nitrogen and oxygen atoms in total. The average molecular weight is 288 g/mol. The Balaban J connectivity index is 1.75. The van der Waals surface area contributed by atoms with Crippen molar-refractivity contribution in [2.75, 3.05) is 19.8 Å². The molecule has 2 heterocycles. The molecule has 0 aromatic heterocycles. The molecule has 0 amide bonds. The summed E-state index contributed by atoms with van der Waals surface area (Å²) in [6.45, 7) is 10.3. The third-order valence-corrected chi connectivity index (χ3v) is 3.69. The standard InChI is InChI=1S/C14H24O6/c1-9(2)14(5)18-7-10(19-14)6-16-12(15)11-8-17-13(3,4)20-11/h9-11H,6-8H2,1-5H3. The maximum atomic E-state index is 11.9. The van der Waals surface area contributed by atoms with Crippen LogP contribution in [0.3, 0.4) is 0 Å². The van der Waals surface area contributed by atoms with E-state index >= 15 is 0 Å². The number of esters is 1. The summed E-state index contributed by atoms with van der Waals surface area (Å²) in [7, 11) is 0. The fraction of sp³-hybridized carbons (Fsp3) is 0.929. The second kappa shape index (κ2) is 5.60. The number of carbonyl (C=O) groups excluding carboxylic acids is 1. The molecular formula is C14H24O6. The second-order valence-electron chi connectivity index (χ2n) is 6.17. The van der Waals surface area contributed by atoms with Gasteiger partial charge in [-0.15, -0.1) is 0 Å². The molecule has 0 saturated carbocycles. The third kappa shape index (κ3) is 3.49. The monoisotopic (exact) mass is 288 g/mol. The van der Waals surface area contributed by atoms with E-state index in [9.17, 15) is 4.79 Å². The molecule has 0 spiro atoms. The lowest BCUT2D eigenvalue weighted by atomic mass is 10.1. The fourth-order valence-electron chi connectivity index (χ4n) is 2.11. The number of hydrogen-bond acceptors (Lipinski definition) is 6. The van der Waals surface area contributed by atoms with Crippen molar-refractivity contribution in [1.82, 2.24) is 0 Å². The lowest BCUT2D eigenvalue weighted by Crippen LogP contribution is -2.35.